The van der Waals surface area contributed by atoms with Crippen LogP contribution >= 0.6 is 0 Å². The number of aliphatic hydroxyl groups is 1. The minimum atomic E-state index is -0.843. The highest BCUT2D eigenvalue weighted by molar-refractivity contribution is 5.87. The Balaban J connectivity index is 0.987. The van der Waals surface area contributed by atoms with Crippen molar-refractivity contribution in [2.45, 2.75) is 38.3 Å². The number of hydrogen-bond donors (Lipinski definition) is 4. The number of nitrogens with one attached hydrogen (secondary N) is 2. The molecule has 9 nitrogen and oxygen atoms in total. The van der Waals surface area contributed by atoms with Gasteiger partial charge in [-0.3, -0.25) is 14.5 Å². The maximum absolute atomic E-state index is 12.5. The second kappa shape index (κ2) is 12.8. The van der Waals surface area contributed by atoms with E-state index in [1.165, 1.54) is 50.0 Å². The van der Waals surface area contributed by atoms with Gasteiger partial charge in [0.1, 0.15) is 11.5 Å². The summed E-state index contributed by atoms with van der Waals surface area (Å²) in [7, 11) is 1.76. The second-order valence-electron chi connectivity index (χ2n) is 11.2. The predicted octanol–water partition coefficient (Wildman–Crippen LogP) is 3.02. The number of H-pyrrole nitrogens is 1. The standard InChI is InChI=1S/C31H40N4O5/c1-34(15-14-32-17-28(37)25-9-11-27(36)31-26(25)10-12-29(38)33-31)30(39)13-16-40-24-7-5-21(6-8-24)18-35-19-22-3-2-4-23(22)20-35/h5-12,22-23,28,32,36-37H,2-4,13-20H2,1H3,(H,33,38)/t22?,23?,28-/m0/s1. The van der Waals surface area contributed by atoms with Crippen molar-refractivity contribution in [1.29, 1.82) is 0 Å². The molecule has 0 radical (unpaired) electrons. The van der Waals surface area contributed by atoms with Crippen molar-refractivity contribution in [1.82, 2.24) is 20.1 Å². The van der Waals surface area contributed by atoms with E-state index in [9.17, 15) is 19.8 Å². The molecule has 1 saturated heterocycles. The highest BCUT2D eigenvalue weighted by atomic mass is 16.5. The van der Waals surface area contributed by atoms with Crippen molar-refractivity contribution in [2.75, 3.05) is 46.4 Å². The molecule has 2 unspecified atom stereocenters. The first-order valence-electron chi connectivity index (χ1n) is 14.3. The Kier molecular flexibility index (Phi) is 9.04. The van der Waals surface area contributed by atoms with Crippen LogP contribution in [0.5, 0.6) is 11.5 Å². The molecule has 2 aliphatic rings. The average molecular weight is 549 g/mol. The normalized spacial score (nSPS) is 19.6. The molecule has 1 aliphatic heterocycles. The lowest BCUT2D eigenvalue weighted by Crippen LogP contribution is -2.35. The molecule has 2 heterocycles. The Morgan fingerprint density at radius 3 is 2.62 bits per heavy atom. The van der Waals surface area contributed by atoms with Crippen LogP contribution in [-0.4, -0.2) is 77.3 Å². The molecule has 3 aromatic rings. The van der Waals surface area contributed by atoms with Gasteiger partial charge in [0, 0.05) is 57.8 Å². The van der Waals surface area contributed by atoms with Crippen LogP contribution < -0.4 is 15.6 Å². The van der Waals surface area contributed by atoms with Crippen molar-refractivity contribution in [3.63, 3.8) is 0 Å². The molecular formula is C31H40N4O5. The number of aromatic amines is 1. The largest absolute Gasteiger partial charge is 0.506 e. The molecule has 40 heavy (non-hydrogen) atoms. The maximum Gasteiger partial charge on any atom is 0.248 e. The van der Waals surface area contributed by atoms with Gasteiger partial charge in [-0.2, -0.15) is 0 Å². The Labute approximate surface area is 234 Å². The molecule has 2 fully saturated rings. The number of phenolic OH excluding ortho intramolecular Hbond substituents is 1. The summed E-state index contributed by atoms with van der Waals surface area (Å²) < 4.78 is 5.82. The Hall–Kier alpha value is -3.40. The summed E-state index contributed by atoms with van der Waals surface area (Å²) >= 11 is 0. The van der Waals surface area contributed by atoms with Crippen LogP contribution in [0.25, 0.3) is 10.9 Å². The molecule has 1 aliphatic carbocycles. The number of nitrogens with zero attached hydrogens (tertiary/aromatic N) is 2. The van der Waals surface area contributed by atoms with Gasteiger partial charge in [0.2, 0.25) is 11.5 Å². The molecule has 4 N–H and O–H groups in total. The second-order valence-corrected chi connectivity index (χ2v) is 11.2. The quantitative estimate of drug-likeness (QED) is 0.257. The summed E-state index contributed by atoms with van der Waals surface area (Å²) in [4.78, 5) is 31.0. The van der Waals surface area contributed by atoms with Gasteiger partial charge in [0.25, 0.3) is 0 Å². The SMILES string of the molecule is CN(CCNC[C@H](O)c1ccc(O)c2[nH]c(=O)ccc12)C(=O)CCOc1ccc(CN2CC3CCCC3C2)cc1. The van der Waals surface area contributed by atoms with Crippen LogP contribution in [0.4, 0.5) is 0 Å². The van der Waals surface area contributed by atoms with E-state index in [0.717, 1.165) is 24.1 Å². The van der Waals surface area contributed by atoms with Crippen molar-refractivity contribution >= 4 is 16.8 Å². The summed E-state index contributed by atoms with van der Waals surface area (Å²) in [6.07, 6.45) is 3.63. The van der Waals surface area contributed by atoms with Crippen LogP contribution in [0.1, 0.15) is 42.9 Å². The molecule has 214 valence electrons. The zero-order valence-corrected chi connectivity index (χ0v) is 23.1. The number of aliphatic hydroxyl groups excluding tert-OH is 1. The minimum Gasteiger partial charge on any atom is -0.506 e. The summed E-state index contributed by atoms with van der Waals surface area (Å²) in [6.45, 7) is 5.03. The number of phenols is 1. The lowest BCUT2D eigenvalue weighted by molar-refractivity contribution is -0.130. The van der Waals surface area contributed by atoms with Gasteiger partial charge in [-0.05, 0) is 60.1 Å². The van der Waals surface area contributed by atoms with Crippen molar-refractivity contribution in [3.8, 4) is 11.5 Å². The number of likely N-dealkylation sites (tertiary alicyclic amines) is 1. The number of carbonyl (C=O) groups is 1. The number of hydrogen-bond acceptors (Lipinski definition) is 7. The Morgan fingerprint density at radius 2 is 1.88 bits per heavy atom. The number of carbonyl (C=O) groups excluding carboxylic acids is 1. The molecule has 1 amide bonds. The van der Waals surface area contributed by atoms with Gasteiger partial charge in [-0.1, -0.05) is 24.6 Å². The van der Waals surface area contributed by atoms with Crippen molar-refractivity contribution in [3.05, 3.63) is 70.0 Å². The monoisotopic (exact) mass is 548 g/mol. The highest BCUT2D eigenvalue weighted by Crippen LogP contribution is 2.38. The summed E-state index contributed by atoms with van der Waals surface area (Å²) in [5.74, 6) is 2.53. The molecular weight excluding hydrogens is 508 g/mol. The number of fused-ring (bicyclic) bond motifs is 2. The van der Waals surface area contributed by atoms with Gasteiger partial charge < -0.3 is 30.2 Å². The van der Waals surface area contributed by atoms with Crippen LogP contribution in [-0.2, 0) is 11.3 Å². The number of aromatic nitrogens is 1. The number of rotatable bonds is 12. The third-order valence-corrected chi connectivity index (χ3v) is 8.37. The number of aromatic hydroxyl groups is 1. The fourth-order valence-electron chi connectivity index (χ4n) is 6.13. The molecule has 3 atom stereocenters. The Morgan fingerprint density at radius 1 is 1.12 bits per heavy atom. The summed E-state index contributed by atoms with van der Waals surface area (Å²) in [5.41, 5.74) is 1.88. The topological polar surface area (TPSA) is 118 Å². The van der Waals surface area contributed by atoms with Crippen LogP contribution in [0.2, 0.25) is 0 Å². The molecule has 9 heteroatoms. The fourth-order valence-corrected chi connectivity index (χ4v) is 6.13. The van der Waals surface area contributed by atoms with Crippen molar-refractivity contribution < 1.29 is 19.7 Å². The third kappa shape index (κ3) is 6.83. The van der Waals surface area contributed by atoms with Gasteiger partial charge in [0.15, 0.2) is 0 Å². The van der Waals surface area contributed by atoms with E-state index in [1.807, 2.05) is 12.1 Å². The van der Waals surface area contributed by atoms with E-state index >= 15 is 0 Å². The molecule has 2 aromatic carbocycles. The number of pyridine rings is 1. The number of amides is 1. The van der Waals surface area contributed by atoms with E-state index < -0.39 is 6.10 Å². The zero-order valence-electron chi connectivity index (χ0n) is 23.1. The molecule has 0 bridgehead atoms. The smallest absolute Gasteiger partial charge is 0.248 e. The molecule has 1 saturated carbocycles. The van der Waals surface area contributed by atoms with Gasteiger partial charge >= 0.3 is 0 Å². The van der Waals surface area contributed by atoms with Crippen LogP contribution in [0.15, 0.2) is 53.3 Å². The lowest BCUT2D eigenvalue weighted by Gasteiger charge is -2.19. The summed E-state index contributed by atoms with van der Waals surface area (Å²) in [5, 5.41) is 24.4. The van der Waals surface area contributed by atoms with Gasteiger partial charge in [-0.15, -0.1) is 0 Å². The first-order valence-corrected chi connectivity index (χ1v) is 14.3. The first-order chi connectivity index (χ1) is 19.4. The van der Waals surface area contributed by atoms with Crippen LogP contribution in [0.3, 0.4) is 0 Å². The Bertz CT molecular complexity index is 1350. The molecule has 0 spiro atoms. The number of likely N-dealkylation sites (N-methyl/N-ethyl adjacent to an activating group) is 1. The predicted molar refractivity (Wildman–Crippen MR) is 154 cm³/mol. The zero-order chi connectivity index (χ0) is 28.1. The maximum atomic E-state index is 12.5. The van der Waals surface area contributed by atoms with E-state index in [-0.39, 0.29) is 30.2 Å². The van der Waals surface area contributed by atoms with E-state index in [1.54, 1.807) is 24.1 Å². The molecule has 5 rings (SSSR count). The molecule has 1 aromatic heterocycles. The lowest BCUT2D eigenvalue weighted by atomic mass is 10.0. The highest BCUT2D eigenvalue weighted by Gasteiger charge is 2.35. The number of benzene rings is 2. The minimum absolute atomic E-state index is 0.00738. The van der Waals surface area contributed by atoms with Crippen LogP contribution in [0, 0.1) is 11.8 Å². The third-order valence-electron chi connectivity index (χ3n) is 8.37. The summed E-state index contributed by atoms with van der Waals surface area (Å²) in [6, 6.07) is 14.3. The van der Waals surface area contributed by atoms with E-state index in [0.29, 0.717) is 36.2 Å². The first kappa shape index (κ1) is 28.1. The average Bonchev–Trinajstić information content (AvgIpc) is 3.54. The fraction of sp³-hybridized carbons (Fsp3) is 0.484. The number of ether oxygens (including phenoxy) is 1. The van der Waals surface area contributed by atoms with Gasteiger partial charge in [-0.25, -0.2) is 0 Å². The van der Waals surface area contributed by atoms with Crippen molar-refractivity contribution in [2.24, 2.45) is 11.8 Å². The van der Waals surface area contributed by atoms with Gasteiger partial charge in [0.05, 0.1) is 24.6 Å². The van der Waals surface area contributed by atoms with E-state index in [2.05, 4.69) is 27.3 Å². The van der Waals surface area contributed by atoms with E-state index in [4.69, 9.17) is 4.74 Å².